The Kier molecular flexibility index (Phi) is 2.55. The SMILES string of the molecule is O=C1CC(Cc2ccc3ncccc3c2)C(=O)N1. The van der Waals surface area contributed by atoms with Crippen LogP contribution in [0, 0.1) is 5.92 Å². The number of rotatable bonds is 2. The first-order valence-electron chi connectivity index (χ1n) is 5.90. The van der Waals surface area contributed by atoms with Crippen LogP contribution in [0.4, 0.5) is 0 Å². The van der Waals surface area contributed by atoms with E-state index in [1.807, 2.05) is 30.3 Å². The molecule has 0 aliphatic carbocycles. The fourth-order valence-corrected chi connectivity index (χ4v) is 2.31. The van der Waals surface area contributed by atoms with Gasteiger partial charge in [-0.1, -0.05) is 12.1 Å². The molecule has 1 aromatic heterocycles. The highest BCUT2D eigenvalue weighted by Crippen LogP contribution is 2.20. The van der Waals surface area contributed by atoms with Crippen molar-refractivity contribution in [2.24, 2.45) is 5.92 Å². The van der Waals surface area contributed by atoms with Gasteiger partial charge >= 0.3 is 0 Å². The monoisotopic (exact) mass is 240 g/mol. The van der Waals surface area contributed by atoms with Crippen molar-refractivity contribution in [3.63, 3.8) is 0 Å². The number of imide groups is 1. The van der Waals surface area contributed by atoms with Gasteiger partial charge in [-0.15, -0.1) is 0 Å². The van der Waals surface area contributed by atoms with E-state index in [9.17, 15) is 9.59 Å². The van der Waals surface area contributed by atoms with Gasteiger partial charge in [-0.3, -0.25) is 19.9 Å². The highest BCUT2D eigenvalue weighted by molar-refractivity contribution is 6.03. The van der Waals surface area contributed by atoms with Crippen LogP contribution in [0.3, 0.4) is 0 Å². The van der Waals surface area contributed by atoms with Crippen LogP contribution in [-0.4, -0.2) is 16.8 Å². The summed E-state index contributed by atoms with van der Waals surface area (Å²) in [4.78, 5) is 26.9. The Morgan fingerprint density at radius 3 is 2.94 bits per heavy atom. The highest BCUT2D eigenvalue weighted by atomic mass is 16.2. The van der Waals surface area contributed by atoms with Crippen LogP contribution in [0.15, 0.2) is 36.5 Å². The molecular formula is C14H12N2O2. The van der Waals surface area contributed by atoms with Crippen LogP contribution in [-0.2, 0) is 16.0 Å². The predicted octanol–water partition coefficient (Wildman–Crippen LogP) is 1.44. The summed E-state index contributed by atoms with van der Waals surface area (Å²) in [6, 6.07) is 9.81. The molecule has 2 heterocycles. The van der Waals surface area contributed by atoms with Crippen LogP contribution in [0.25, 0.3) is 10.9 Å². The Balaban J connectivity index is 1.87. The van der Waals surface area contributed by atoms with Gasteiger partial charge in [0.15, 0.2) is 0 Å². The second-order valence-electron chi connectivity index (χ2n) is 4.55. The van der Waals surface area contributed by atoms with Gasteiger partial charge in [0.1, 0.15) is 0 Å². The van der Waals surface area contributed by atoms with Crippen molar-refractivity contribution in [1.82, 2.24) is 10.3 Å². The van der Waals surface area contributed by atoms with Crippen LogP contribution in [0.2, 0.25) is 0 Å². The molecule has 18 heavy (non-hydrogen) atoms. The smallest absolute Gasteiger partial charge is 0.230 e. The summed E-state index contributed by atoms with van der Waals surface area (Å²) < 4.78 is 0. The number of nitrogens with zero attached hydrogens (tertiary/aromatic N) is 1. The number of aromatic nitrogens is 1. The maximum Gasteiger partial charge on any atom is 0.230 e. The molecule has 3 rings (SSSR count). The number of amides is 2. The molecule has 1 unspecified atom stereocenters. The lowest BCUT2D eigenvalue weighted by Gasteiger charge is -2.06. The first-order chi connectivity index (χ1) is 8.72. The molecule has 0 radical (unpaired) electrons. The topological polar surface area (TPSA) is 59.1 Å². The van der Waals surface area contributed by atoms with E-state index in [4.69, 9.17) is 0 Å². The molecule has 0 spiro atoms. The average Bonchev–Trinajstić information content (AvgIpc) is 2.68. The van der Waals surface area contributed by atoms with Crippen LogP contribution >= 0.6 is 0 Å². The van der Waals surface area contributed by atoms with E-state index in [1.165, 1.54) is 0 Å². The van der Waals surface area contributed by atoms with Crippen molar-refractivity contribution < 1.29 is 9.59 Å². The lowest BCUT2D eigenvalue weighted by molar-refractivity contribution is -0.125. The zero-order chi connectivity index (χ0) is 12.5. The molecular weight excluding hydrogens is 228 g/mol. The van der Waals surface area contributed by atoms with E-state index >= 15 is 0 Å². The van der Waals surface area contributed by atoms with E-state index < -0.39 is 0 Å². The number of pyridine rings is 1. The van der Waals surface area contributed by atoms with E-state index in [1.54, 1.807) is 6.20 Å². The van der Waals surface area contributed by atoms with Gasteiger partial charge in [0, 0.05) is 18.0 Å². The van der Waals surface area contributed by atoms with Crippen LogP contribution in [0.5, 0.6) is 0 Å². The number of hydrogen-bond donors (Lipinski definition) is 1. The van der Waals surface area contributed by atoms with Gasteiger partial charge < -0.3 is 0 Å². The fraction of sp³-hybridized carbons (Fsp3) is 0.214. The lowest BCUT2D eigenvalue weighted by Crippen LogP contribution is -2.22. The molecule has 0 bridgehead atoms. The molecule has 4 heteroatoms. The quantitative estimate of drug-likeness (QED) is 0.808. The molecule has 1 fully saturated rings. The second kappa shape index (κ2) is 4.22. The molecule has 4 nitrogen and oxygen atoms in total. The molecule has 1 aliphatic heterocycles. The normalized spacial score (nSPS) is 19.2. The van der Waals surface area contributed by atoms with Gasteiger partial charge in [-0.25, -0.2) is 0 Å². The molecule has 2 amide bonds. The minimum atomic E-state index is -0.230. The molecule has 2 aromatic rings. The fourth-order valence-electron chi connectivity index (χ4n) is 2.31. The minimum Gasteiger partial charge on any atom is -0.296 e. The first-order valence-corrected chi connectivity index (χ1v) is 5.90. The van der Waals surface area contributed by atoms with Crippen LogP contribution in [0.1, 0.15) is 12.0 Å². The van der Waals surface area contributed by atoms with Gasteiger partial charge in [0.25, 0.3) is 0 Å². The third-order valence-corrected chi connectivity index (χ3v) is 3.21. The summed E-state index contributed by atoms with van der Waals surface area (Å²) >= 11 is 0. The second-order valence-corrected chi connectivity index (χ2v) is 4.55. The summed E-state index contributed by atoms with van der Waals surface area (Å²) in [5.74, 6) is -0.564. The van der Waals surface area contributed by atoms with E-state index in [0.717, 1.165) is 16.5 Å². The number of fused-ring (bicyclic) bond motifs is 1. The zero-order valence-electron chi connectivity index (χ0n) is 9.72. The Labute approximate surface area is 104 Å². The largest absolute Gasteiger partial charge is 0.296 e. The maximum atomic E-state index is 11.5. The van der Waals surface area contributed by atoms with Crippen molar-refractivity contribution in [1.29, 1.82) is 0 Å². The number of nitrogens with one attached hydrogen (secondary N) is 1. The molecule has 0 saturated carbocycles. The molecule has 1 N–H and O–H groups in total. The molecule has 1 aliphatic rings. The van der Waals surface area contributed by atoms with Crippen LogP contribution < -0.4 is 5.32 Å². The van der Waals surface area contributed by atoms with E-state index in [0.29, 0.717) is 12.8 Å². The number of benzene rings is 1. The van der Waals surface area contributed by atoms with Gasteiger partial charge in [-0.2, -0.15) is 0 Å². The number of carbonyl (C=O) groups excluding carboxylic acids is 2. The van der Waals surface area contributed by atoms with Crippen molar-refractivity contribution in [2.75, 3.05) is 0 Å². The lowest BCUT2D eigenvalue weighted by atomic mass is 9.97. The third-order valence-electron chi connectivity index (χ3n) is 3.21. The number of carbonyl (C=O) groups is 2. The average molecular weight is 240 g/mol. The summed E-state index contributed by atoms with van der Waals surface area (Å²) in [5, 5.41) is 3.39. The Morgan fingerprint density at radius 2 is 2.17 bits per heavy atom. The molecule has 1 aromatic carbocycles. The summed E-state index contributed by atoms with van der Waals surface area (Å²) in [6.07, 6.45) is 2.65. The summed E-state index contributed by atoms with van der Waals surface area (Å²) in [6.45, 7) is 0. The first kappa shape index (κ1) is 10.9. The summed E-state index contributed by atoms with van der Waals surface area (Å²) in [5.41, 5.74) is 2.00. The maximum absolute atomic E-state index is 11.5. The van der Waals surface area contributed by atoms with Crippen molar-refractivity contribution in [3.05, 3.63) is 42.1 Å². The molecule has 1 atom stereocenters. The van der Waals surface area contributed by atoms with E-state index in [2.05, 4.69) is 10.3 Å². The summed E-state index contributed by atoms with van der Waals surface area (Å²) in [7, 11) is 0. The molecule has 90 valence electrons. The molecule has 1 saturated heterocycles. The predicted molar refractivity (Wildman–Crippen MR) is 66.7 cm³/mol. The van der Waals surface area contributed by atoms with Crippen molar-refractivity contribution >= 4 is 22.7 Å². The van der Waals surface area contributed by atoms with Gasteiger partial charge in [0.2, 0.25) is 11.8 Å². The number of hydrogen-bond acceptors (Lipinski definition) is 3. The van der Waals surface area contributed by atoms with E-state index in [-0.39, 0.29) is 17.7 Å². The minimum absolute atomic E-state index is 0.161. The zero-order valence-corrected chi connectivity index (χ0v) is 9.72. The van der Waals surface area contributed by atoms with Crippen molar-refractivity contribution in [2.45, 2.75) is 12.8 Å². The van der Waals surface area contributed by atoms with Gasteiger partial charge in [-0.05, 0) is 30.2 Å². The Bertz CT molecular complexity index is 636. The third kappa shape index (κ3) is 1.97. The van der Waals surface area contributed by atoms with Crippen molar-refractivity contribution in [3.8, 4) is 0 Å². The van der Waals surface area contributed by atoms with Gasteiger partial charge in [0.05, 0.1) is 11.4 Å². The standard InChI is InChI=1S/C14H12N2O2/c17-13-8-11(14(18)16-13)7-9-3-4-12-10(6-9)2-1-5-15-12/h1-6,11H,7-8H2,(H,16,17,18). The highest BCUT2D eigenvalue weighted by Gasteiger charge is 2.30. The Hall–Kier alpha value is -2.23. The Morgan fingerprint density at radius 1 is 1.28 bits per heavy atom.